The molecule has 1 nitrogen and oxygen atoms in total. The van der Waals surface area contributed by atoms with E-state index in [0.717, 1.165) is 22.2 Å². The molecule has 0 fully saturated rings. The largest absolute Gasteiger partial charge is 0.288 e. The standard InChI is InChI=1S/C14H9BrF2O/c1-8-10(3-2-4-12(8)15)14(18)11-6-5-9(16)7-13(11)17/h2-7H,1H3. The summed E-state index contributed by atoms with van der Waals surface area (Å²) in [6.45, 7) is 1.76. The van der Waals surface area contributed by atoms with Gasteiger partial charge in [0, 0.05) is 16.1 Å². The Hall–Kier alpha value is -1.55. The number of hydrogen-bond acceptors (Lipinski definition) is 1. The first-order valence-electron chi connectivity index (χ1n) is 5.25. The van der Waals surface area contributed by atoms with Gasteiger partial charge in [0.15, 0.2) is 5.78 Å². The molecule has 2 aromatic rings. The normalized spacial score (nSPS) is 10.4. The highest BCUT2D eigenvalue weighted by atomic mass is 79.9. The van der Waals surface area contributed by atoms with Crippen molar-refractivity contribution in [2.24, 2.45) is 0 Å². The van der Waals surface area contributed by atoms with E-state index in [0.29, 0.717) is 11.6 Å². The van der Waals surface area contributed by atoms with Crippen LogP contribution in [0.25, 0.3) is 0 Å². The smallest absolute Gasteiger partial charge is 0.196 e. The van der Waals surface area contributed by atoms with E-state index in [4.69, 9.17) is 0 Å². The Balaban J connectivity index is 2.51. The molecular weight excluding hydrogens is 302 g/mol. The van der Waals surface area contributed by atoms with Crippen molar-refractivity contribution < 1.29 is 13.6 Å². The van der Waals surface area contributed by atoms with Crippen molar-refractivity contribution in [3.63, 3.8) is 0 Å². The van der Waals surface area contributed by atoms with Gasteiger partial charge in [-0.15, -0.1) is 0 Å². The molecule has 4 heteroatoms. The molecule has 0 spiro atoms. The Morgan fingerprint density at radius 2 is 1.83 bits per heavy atom. The summed E-state index contributed by atoms with van der Waals surface area (Å²) in [4.78, 5) is 12.2. The number of rotatable bonds is 2. The Morgan fingerprint density at radius 3 is 2.50 bits per heavy atom. The van der Waals surface area contributed by atoms with Crippen molar-refractivity contribution in [2.45, 2.75) is 6.92 Å². The van der Waals surface area contributed by atoms with Crippen LogP contribution in [0.15, 0.2) is 40.9 Å². The molecule has 0 atom stereocenters. The van der Waals surface area contributed by atoms with E-state index in [1.165, 1.54) is 0 Å². The molecule has 0 unspecified atom stereocenters. The van der Waals surface area contributed by atoms with E-state index >= 15 is 0 Å². The summed E-state index contributed by atoms with van der Waals surface area (Å²) >= 11 is 3.31. The van der Waals surface area contributed by atoms with E-state index in [2.05, 4.69) is 15.9 Å². The summed E-state index contributed by atoms with van der Waals surface area (Å²) in [5.74, 6) is -2.00. The second-order valence-corrected chi connectivity index (χ2v) is 4.72. The lowest BCUT2D eigenvalue weighted by Gasteiger charge is -2.07. The molecule has 2 rings (SSSR count). The Labute approximate surface area is 112 Å². The lowest BCUT2D eigenvalue weighted by atomic mass is 9.99. The summed E-state index contributed by atoms with van der Waals surface area (Å²) in [6, 6.07) is 8.06. The van der Waals surface area contributed by atoms with Crippen LogP contribution in [-0.4, -0.2) is 5.78 Å². The van der Waals surface area contributed by atoms with E-state index in [9.17, 15) is 13.6 Å². The number of halogens is 3. The van der Waals surface area contributed by atoms with E-state index in [1.54, 1.807) is 25.1 Å². The second kappa shape index (κ2) is 4.98. The molecular formula is C14H9BrF2O. The molecule has 0 radical (unpaired) electrons. The molecule has 92 valence electrons. The minimum absolute atomic E-state index is 0.127. The van der Waals surface area contributed by atoms with Crippen LogP contribution in [0.5, 0.6) is 0 Å². The number of carbonyl (C=O) groups is 1. The van der Waals surface area contributed by atoms with Gasteiger partial charge in [-0.2, -0.15) is 0 Å². The SMILES string of the molecule is Cc1c(Br)cccc1C(=O)c1ccc(F)cc1F. The zero-order chi connectivity index (χ0) is 13.3. The van der Waals surface area contributed by atoms with Crippen molar-refractivity contribution in [2.75, 3.05) is 0 Å². The lowest BCUT2D eigenvalue weighted by Crippen LogP contribution is -2.06. The van der Waals surface area contributed by atoms with Crippen LogP contribution < -0.4 is 0 Å². The summed E-state index contributed by atoms with van der Waals surface area (Å²) in [5, 5.41) is 0. The van der Waals surface area contributed by atoms with Crippen molar-refractivity contribution in [3.05, 3.63) is 69.2 Å². The topological polar surface area (TPSA) is 17.1 Å². The third-order valence-electron chi connectivity index (χ3n) is 2.69. The number of hydrogen-bond donors (Lipinski definition) is 0. The predicted molar refractivity (Wildman–Crippen MR) is 68.7 cm³/mol. The summed E-state index contributed by atoms with van der Waals surface area (Å²) in [5.41, 5.74) is 0.999. The summed E-state index contributed by atoms with van der Waals surface area (Å²) < 4.78 is 27.1. The van der Waals surface area contributed by atoms with Gasteiger partial charge in [0.25, 0.3) is 0 Å². The molecule has 0 saturated heterocycles. The maximum Gasteiger partial charge on any atom is 0.196 e. The quantitative estimate of drug-likeness (QED) is 0.757. The van der Waals surface area contributed by atoms with Crippen LogP contribution in [-0.2, 0) is 0 Å². The van der Waals surface area contributed by atoms with Crippen molar-refractivity contribution in [1.82, 2.24) is 0 Å². The first kappa shape index (κ1) is 12.9. The van der Waals surface area contributed by atoms with Crippen LogP contribution in [0.1, 0.15) is 21.5 Å². The molecule has 0 heterocycles. The van der Waals surface area contributed by atoms with Crippen molar-refractivity contribution >= 4 is 21.7 Å². The average molecular weight is 311 g/mol. The van der Waals surface area contributed by atoms with Gasteiger partial charge in [-0.05, 0) is 30.7 Å². The van der Waals surface area contributed by atoms with Gasteiger partial charge in [-0.3, -0.25) is 4.79 Å². The molecule has 18 heavy (non-hydrogen) atoms. The van der Waals surface area contributed by atoms with Crippen molar-refractivity contribution in [1.29, 1.82) is 0 Å². The maximum atomic E-state index is 13.5. The molecule has 2 aromatic carbocycles. The van der Waals surface area contributed by atoms with Gasteiger partial charge in [-0.1, -0.05) is 28.1 Å². The first-order chi connectivity index (χ1) is 8.50. The monoisotopic (exact) mass is 310 g/mol. The zero-order valence-electron chi connectivity index (χ0n) is 9.51. The third kappa shape index (κ3) is 2.34. The van der Waals surface area contributed by atoms with Gasteiger partial charge in [0.05, 0.1) is 5.56 Å². The second-order valence-electron chi connectivity index (χ2n) is 3.87. The average Bonchev–Trinajstić information content (AvgIpc) is 2.32. The highest BCUT2D eigenvalue weighted by Crippen LogP contribution is 2.23. The summed E-state index contributed by atoms with van der Waals surface area (Å²) in [7, 11) is 0. The van der Waals surface area contributed by atoms with Crippen LogP contribution in [0.4, 0.5) is 8.78 Å². The van der Waals surface area contributed by atoms with Gasteiger partial charge < -0.3 is 0 Å². The molecule has 0 N–H and O–H groups in total. The highest BCUT2D eigenvalue weighted by Gasteiger charge is 2.17. The van der Waals surface area contributed by atoms with Gasteiger partial charge >= 0.3 is 0 Å². The molecule has 0 aliphatic carbocycles. The summed E-state index contributed by atoms with van der Waals surface area (Å²) in [6.07, 6.45) is 0. The van der Waals surface area contributed by atoms with Crippen LogP contribution in [0.2, 0.25) is 0 Å². The zero-order valence-corrected chi connectivity index (χ0v) is 11.1. The Bertz CT molecular complexity index is 623. The minimum atomic E-state index is -0.848. The molecule has 0 aliphatic rings. The Morgan fingerprint density at radius 1 is 1.11 bits per heavy atom. The fourth-order valence-electron chi connectivity index (χ4n) is 1.67. The van der Waals surface area contributed by atoms with Crippen molar-refractivity contribution in [3.8, 4) is 0 Å². The lowest BCUT2D eigenvalue weighted by molar-refractivity contribution is 0.103. The highest BCUT2D eigenvalue weighted by molar-refractivity contribution is 9.10. The van der Waals surface area contributed by atoms with E-state index < -0.39 is 17.4 Å². The molecule has 0 saturated carbocycles. The molecule has 0 amide bonds. The minimum Gasteiger partial charge on any atom is -0.288 e. The number of benzene rings is 2. The molecule has 0 aliphatic heterocycles. The Kier molecular flexibility index (Phi) is 3.57. The molecule has 0 aromatic heterocycles. The third-order valence-corrected chi connectivity index (χ3v) is 3.55. The van der Waals surface area contributed by atoms with Gasteiger partial charge in [0.2, 0.25) is 0 Å². The van der Waals surface area contributed by atoms with Crippen LogP contribution in [0, 0.1) is 18.6 Å². The van der Waals surface area contributed by atoms with Crippen LogP contribution in [0.3, 0.4) is 0 Å². The molecule has 0 bridgehead atoms. The fourth-order valence-corrected chi connectivity index (χ4v) is 2.04. The predicted octanol–water partition coefficient (Wildman–Crippen LogP) is 4.27. The van der Waals surface area contributed by atoms with Gasteiger partial charge in [0.1, 0.15) is 11.6 Å². The van der Waals surface area contributed by atoms with E-state index in [-0.39, 0.29) is 5.56 Å². The number of carbonyl (C=O) groups excluding carboxylic acids is 1. The fraction of sp³-hybridized carbons (Fsp3) is 0.0714. The van der Waals surface area contributed by atoms with Crippen LogP contribution >= 0.6 is 15.9 Å². The van der Waals surface area contributed by atoms with E-state index in [1.807, 2.05) is 0 Å². The maximum absolute atomic E-state index is 13.5. The number of ketones is 1. The van der Waals surface area contributed by atoms with Gasteiger partial charge in [-0.25, -0.2) is 8.78 Å². The first-order valence-corrected chi connectivity index (χ1v) is 6.05.